The van der Waals surface area contributed by atoms with Gasteiger partial charge >= 0.3 is 5.63 Å². The summed E-state index contributed by atoms with van der Waals surface area (Å²) in [6.45, 7) is 6.29. The van der Waals surface area contributed by atoms with E-state index in [1.807, 2.05) is 12.1 Å². The average molecular weight is 337 g/mol. The highest BCUT2D eigenvalue weighted by atomic mass is 16.4. The molecule has 1 heterocycles. The molecule has 2 N–H and O–H groups in total. The zero-order valence-corrected chi connectivity index (χ0v) is 14.3. The molecule has 3 rings (SSSR count). The van der Waals surface area contributed by atoms with E-state index in [9.17, 15) is 14.7 Å². The highest BCUT2D eigenvalue weighted by Gasteiger charge is 2.15. The normalized spacial score (nSPS) is 11.5. The van der Waals surface area contributed by atoms with Crippen molar-refractivity contribution < 1.29 is 14.3 Å². The summed E-state index contributed by atoms with van der Waals surface area (Å²) in [5, 5.41) is 12.6. The van der Waals surface area contributed by atoms with Crippen molar-refractivity contribution in [1.82, 2.24) is 0 Å². The van der Waals surface area contributed by atoms with Gasteiger partial charge in [-0.3, -0.25) is 4.79 Å². The van der Waals surface area contributed by atoms with E-state index in [4.69, 9.17) is 4.42 Å². The third kappa shape index (κ3) is 3.55. The van der Waals surface area contributed by atoms with Crippen LogP contribution in [-0.4, -0.2) is 11.0 Å². The first-order chi connectivity index (χ1) is 11.7. The Labute approximate surface area is 144 Å². The predicted octanol–water partition coefficient (Wildman–Crippen LogP) is 4.05. The summed E-state index contributed by atoms with van der Waals surface area (Å²) in [5.74, 6) is -0.378. The van der Waals surface area contributed by atoms with Gasteiger partial charge < -0.3 is 14.8 Å². The number of hydrogen-bond acceptors (Lipinski definition) is 4. The minimum Gasteiger partial charge on any atom is -0.508 e. The smallest absolute Gasteiger partial charge is 0.360 e. The number of anilines is 1. The molecule has 0 spiro atoms. The van der Waals surface area contributed by atoms with Crippen LogP contribution in [0.15, 0.2) is 57.7 Å². The summed E-state index contributed by atoms with van der Waals surface area (Å²) in [6, 6.07) is 13.3. The van der Waals surface area contributed by atoms with Gasteiger partial charge in [0.25, 0.3) is 5.91 Å². The molecule has 0 unspecified atom stereocenters. The van der Waals surface area contributed by atoms with Crippen LogP contribution in [0, 0.1) is 0 Å². The number of benzene rings is 2. The maximum absolute atomic E-state index is 12.4. The van der Waals surface area contributed by atoms with Gasteiger partial charge in [-0.2, -0.15) is 0 Å². The Morgan fingerprint density at radius 2 is 1.72 bits per heavy atom. The predicted molar refractivity (Wildman–Crippen MR) is 97.2 cm³/mol. The molecule has 0 atom stereocenters. The third-order valence-electron chi connectivity index (χ3n) is 3.98. The first kappa shape index (κ1) is 16.8. The minimum absolute atomic E-state index is 0.0000203. The SMILES string of the molecule is CC(C)(C)c1ccc(C(=O)Nc2cc3ccc(O)cc3oc2=O)cc1. The molecule has 0 fully saturated rings. The Bertz CT molecular complexity index is 995. The lowest BCUT2D eigenvalue weighted by Gasteiger charge is -2.19. The lowest BCUT2D eigenvalue weighted by atomic mass is 9.87. The van der Waals surface area contributed by atoms with E-state index < -0.39 is 5.63 Å². The zero-order valence-electron chi connectivity index (χ0n) is 14.3. The van der Waals surface area contributed by atoms with Crippen LogP contribution in [0.25, 0.3) is 11.0 Å². The van der Waals surface area contributed by atoms with Gasteiger partial charge in [-0.25, -0.2) is 4.79 Å². The Balaban J connectivity index is 1.88. The van der Waals surface area contributed by atoms with Gasteiger partial charge in [-0.15, -0.1) is 0 Å². The minimum atomic E-state index is -0.669. The second-order valence-electron chi connectivity index (χ2n) is 6.95. The lowest BCUT2D eigenvalue weighted by Crippen LogP contribution is -2.18. The number of nitrogens with one attached hydrogen (secondary N) is 1. The molecular formula is C20H19NO4. The summed E-state index contributed by atoms with van der Waals surface area (Å²) in [7, 11) is 0. The average Bonchev–Trinajstić information content (AvgIpc) is 2.55. The molecule has 0 saturated heterocycles. The van der Waals surface area contributed by atoms with Crippen LogP contribution in [-0.2, 0) is 5.41 Å². The molecular weight excluding hydrogens is 318 g/mol. The summed E-state index contributed by atoms with van der Waals surface area (Å²) in [5.41, 5.74) is 1.23. The van der Waals surface area contributed by atoms with Crippen molar-refractivity contribution in [2.24, 2.45) is 0 Å². The molecule has 0 saturated carbocycles. The fraction of sp³-hybridized carbons (Fsp3) is 0.200. The quantitative estimate of drug-likeness (QED) is 0.692. The summed E-state index contributed by atoms with van der Waals surface area (Å²) in [4.78, 5) is 24.4. The zero-order chi connectivity index (χ0) is 18.2. The van der Waals surface area contributed by atoms with Gasteiger partial charge in [0.1, 0.15) is 17.0 Å². The maximum Gasteiger partial charge on any atom is 0.360 e. The molecule has 128 valence electrons. The van der Waals surface area contributed by atoms with Crippen molar-refractivity contribution in [2.75, 3.05) is 5.32 Å². The number of rotatable bonds is 2. The first-order valence-corrected chi connectivity index (χ1v) is 7.93. The van der Waals surface area contributed by atoms with Crippen LogP contribution in [0.5, 0.6) is 5.75 Å². The second kappa shape index (κ2) is 6.09. The van der Waals surface area contributed by atoms with Gasteiger partial charge in [-0.05, 0) is 41.3 Å². The topological polar surface area (TPSA) is 79.5 Å². The highest BCUT2D eigenvalue weighted by molar-refractivity contribution is 6.04. The van der Waals surface area contributed by atoms with Crippen LogP contribution in [0.1, 0.15) is 36.7 Å². The van der Waals surface area contributed by atoms with E-state index in [0.717, 1.165) is 5.56 Å². The Hall–Kier alpha value is -3.08. The number of hydrogen-bond donors (Lipinski definition) is 2. The molecule has 1 aromatic heterocycles. The molecule has 5 heteroatoms. The fourth-order valence-corrected chi connectivity index (χ4v) is 2.50. The molecule has 1 amide bonds. The van der Waals surface area contributed by atoms with Gasteiger partial charge in [0.15, 0.2) is 0 Å². The number of phenols is 1. The standard InChI is InChI=1S/C20H19NO4/c1-20(2,3)14-7-4-12(5-8-14)18(23)21-16-10-13-6-9-15(22)11-17(13)25-19(16)24/h4-11,22H,1-3H3,(H,21,23). The molecule has 25 heavy (non-hydrogen) atoms. The second-order valence-corrected chi connectivity index (χ2v) is 6.95. The van der Waals surface area contributed by atoms with E-state index in [0.29, 0.717) is 10.9 Å². The highest BCUT2D eigenvalue weighted by Crippen LogP contribution is 2.23. The van der Waals surface area contributed by atoms with E-state index in [1.165, 1.54) is 18.2 Å². The number of carbonyl (C=O) groups excluding carboxylic acids is 1. The first-order valence-electron chi connectivity index (χ1n) is 7.93. The molecule has 0 aliphatic rings. The van der Waals surface area contributed by atoms with Gasteiger partial charge in [-0.1, -0.05) is 32.9 Å². The largest absolute Gasteiger partial charge is 0.508 e. The molecule has 0 bridgehead atoms. The molecule has 5 nitrogen and oxygen atoms in total. The molecule has 0 aliphatic heterocycles. The van der Waals surface area contributed by atoms with E-state index in [2.05, 4.69) is 26.1 Å². The number of aromatic hydroxyl groups is 1. The molecule has 0 aliphatic carbocycles. The van der Waals surface area contributed by atoms with Gasteiger partial charge in [0.05, 0.1) is 0 Å². The molecule has 3 aromatic rings. The maximum atomic E-state index is 12.4. The third-order valence-corrected chi connectivity index (χ3v) is 3.98. The summed E-state index contributed by atoms with van der Waals surface area (Å²) < 4.78 is 5.14. The van der Waals surface area contributed by atoms with Crippen LogP contribution in [0.3, 0.4) is 0 Å². The van der Waals surface area contributed by atoms with Gasteiger partial charge in [0.2, 0.25) is 0 Å². The van der Waals surface area contributed by atoms with Crippen molar-refractivity contribution in [1.29, 1.82) is 0 Å². The van der Waals surface area contributed by atoms with Crippen molar-refractivity contribution in [3.05, 3.63) is 70.1 Å². The van der Waals surface area contributed by atoms with E-state index in [-0.39, 0.29) is 28.3 Å². The van der Waals surface area contributed by atoms with Crippen LogP contribution >= 0.6 is 0 Å². The van der Waals surface area contributed by atoms with Gasteiger partial charge in [0, 0.05) is 17.0 Å². The van der Waals surface area contributed by atoms with E-state index in [1.54, 1.807) is 18.2 Å². The lowest BCUT2D eigenvalue weighted by molar-refractivity contribution is 0.102. The molecule has 0 radical (unpaired) electrons. The summed E-state index contributed by atoms with van der Waals surface area (Å²) in [6.07, 6.45) is 0. The number of amides is 1. The van der Waals surface area contributed by atoms with Crippen LogP contribution in [0.4, 0.5) is 5.69 Å². The Morgan fingerprint density at radius 1 is 1.04 bits per heavy atom. The molecule has 2 aromatic carbocycles. The van der Waals surface area contributed by atoms with Crippen LogP contribution < -0.4 is 10.9 Å². The fourth-order valence-electron chi connectivity index (χ4n) is 2.50. The van der Waals surface area contributed by atoms with E-state index >= 15 is 0 Å². The summed E-state index contributed by atoms with van der Waals surface area (Å²) >= 11 is 0. The Morgan fingerprint density at radius 3 is 2.36 bits per heavy atom. The van der Waals surface area contributed by atoms with Crippen molar-refractivity contribution in [2.45, 2.75) is 26.2 Å². The van der Waals surface area contributed by atoms with Crippen molar-refractivity contribution >= 4 is 22.6 Å². The number of phenolic OH excluding ortho intramolecular Hbond substituents is 1. The number of carbonyl (C=O) groups is 1. The van der Waals surface area contributed by atoms with Crippen molar-refractivity contribution in [3.63, 3.8) is 0 Å². The monoisotopic (exact) mass is 337 g/mol. The Kier molecular flexibility index (Phi) is 4.08. The van der Waals surface area contributed by atoms with Crippen LogP contribution in [0.2, 0.25) is 0 Å². The number of fused-ring (bicyclic) bond motifs is 1. The van der Waals surface area contributed by atoms with Crippen molar-refractivity contribution in [3.8, 4) is 5.75 Å².